The van der Waals surface area contributed by atoms with Gasteiger partial charge in [0.15, 0.2) is 11.3 Å². The van der Waals surface area contributed by atoms with Crippen LogP contribution in [0, 0.1) is 0 Å². The Kier molecular flexibility index (Phi) is 3.93. The van der Waals surface area contributed by atoms with Gasteiger partial charge in [0.05, 0.1) is 26.9 Å². The molecule has 2 aromatic carbocycles. The molecule has 1 heterocycles. The number of fused-ring (bicyclic) bond motifs is 1. The van der Waals surface area contributed by atoms with Crippen molar-refractivity contribution in [3.05, 3.63) is 52.9 Å². The molecule has 0 atom stereocenters. The first-order chi connectivity index (χ1) is 11.2. The van der Waals surface area contributed by atoms with Crippen molar-refractivity contribution in [2.75, 3.05) is 21.3 Å². The highest BCUT2D eigenvalue weighted by molar-refractivity contribution is 5.87. The van der Waals surface area contributed by atoms with Gasteiger partial charge in [0, 0.05) is 10.9 Å². The van der Waals surface area contributed by atoms with Gasteiger partial charge in [-0.1, -0.05) is 12.1 Å². The van der Waals surface area contributed by atoms with Crippen LogP contribution in [0.1, 0.15) is 0 Å². The number of methoxy groups -OCH3 is 3. The van der Waals surface area contributed by atoms with Crippen molar-refractivity contribution in [2.45, 2.75) is 0 Å². The quantitative estimate of drug-likeness (QED) is 0.690. The highest BCUT2D eigenvalue weighted by atomic mass is 16.5. The number of ether oxygens (including phenoxy) is 3. The van der Waals surface area contributed by atoms with Crippen molar-refractivity contribution in [3.63, 3.8) is 0 Å². The molecule has 3 aromatic rings. The third-order valence-corrected chi connectivity index (χ3v) is 3.64. The Hall–Kier alpha value is -2.95. The molecule has 0 aliphatic carbocycles. The summed E-state index contributed by atoms with van der Waals surface area (Å²) in [6, 6.07) is 12.5. The van der Waals surface area contributed by atoms with Crippen LogP contribution in [0.2, 0.25) is 0 Å². The van der Waals surface area contributed by atoms with Crippen molar-refractivity contribution in [3.8, 4) is 28.4 Å². The van der Waals surface area contributed by atoms with Gasteiger partial charge in [0.2, 0.25) is 0 Å². The van der Waals surface area contributed by atoms with Crippen molar-refractivity contribution >= 4 is 11.0 Å². The Bertz CT molecular complexity index is 911. The van der Waals surface area contributed by atoms with E-state index >= 15 is 0 Å². The molecule has 0 amide bonds. The second-order valence-electron chi connectivity index (χ2n) is 4.89. The predicted octanol–water partition coefficient (Wildman–Crippen LogP) is 3.49. The number of para-hydroxylation sites is 1. The maximum absolute atomic E-state index is 12.5. The average molecular weight is 312 g/mol. The first kappa shape index (κ1) is 15.0. The molecule has 0 aliphatic rings. The highest BCUT2D eigenvalue weighted by Gasteiger charge is 2.15. The summed E-state index contributed by atoms with van der Waals surface area (Å²) in [4.78, 5) is 12.5. The molecule has 1 aromatic heterocycles. The summed E-state index contributed by atoms with van der Waals surface area (Å²) in [5, 5.41) is 0.767. The molecule has 23 heavy (non-hydrogen) atoms. The topological polar surface area (TPSA) is 57.9 Å². The lowest BCUT2D eigenvalue weighted by Crippen LogP contribution is -2.04. The molecule has 0 unspecified atom stereocenters. The second-order valence-corrected chi connectivity index (χ2v) is 4.89. The summed E-state index contributed by atoms with van der Waals surface area (Å²) in [7, 11) is 4.66. The lowest BCUT2D eigenvalue weighted by atomic mass is 10.0. The van der Waals surface area contributed by atoms with E-state index in [-0.39, 0.29) is 0 Å². The lowest BCUT2D eigenvalue weighted by molar-refractivity contribution is 0.403. The first-order valence-corrected chi connectivity index (χ1v) is 7.01. The number of hydrogen-bond acceptors (Lipinski definition) is 5. The van der Waals surface area contributed by atoms with Crippen LogP contribution < -0.4 is 19.8 Å². The molecule has 118 valence electrons. The van der Waals surface area contributed by atoms with Crippen LogP contribution in [-0.4, -0.2) is 21.3 Å². The SMILES string of the molecule is COc1ccc(OC)c(-c2cc3cccc(OC)c3oc2=O)c1. The molecule has 0 spiro atoms. The molecule has 0 fully saturated rings. The van der Waals surface area contributed by atoms with E-state index < -0.39 is 5.63 Å². The Morgan fingerprint density at radius 3 is 2.30 bits per heavy atom. The van der Waals surface area contributed by atoms with Gasteiger partial charge in [-0.05, 0) is 30.3 Å². The Morgan fingerprint density at radius 2 is 1.61 bits per heavy atom. The number of rotatable bonds is 4. The standard InChI is InChI=1S/C18H16O5/c1-20-12-7-8-15(21-2)13(10-12)14-9-11-5-4-6-16(22-3)17(11)23-18(14)19/h4-10H,1-3H3. The maximum Gasteiger partial charge on any atom is 0.344 e. The molecule has 0 saturated carbocycles. The molecule has 0 saturated heterocycles. The molecule has 0 bridgehead atoms. The van der Waals surface area contributed by atoms with E-state index in [4.69, 9.17) is 18.6 Å². The van der Waals surface area contributed by atoms with E-state index in [0.29, 0.717) is 34.0 Å². The van der Waals surface area contributed by atoms with Gasteiger partial charge in [-0.25, -0.2) is 4.79 Å². The maximum atomic E-state index is 12.5. The van der Waals surface area contributed by atoms with E-state index in [1.165, 1.54) is 7.11 Å². The van der Waals surface area contributed by atoms with Crippen molar-refractivity contribution in [1.29, 1.82) is 0 Å². The molecular formula is C18H16O5. The number of hydrogen-bond donors (Lipinski definition) is 0. The number of benzene rings is 2. The molecule has 5 heteroatoms. The first-order valence-electron chi connectivity index (χ1n) is 7.01. The fourth-order valence-electron chi connectivity index (χ4n) is 2.49. The van der Waals surface area contributed by atoms with Crippen molar-refractivity contribution in [2.24, 2.45) is 0 Å². The third kappa shape index (κ3) is 2.61. The molecule has 3 rings (SSSR count). The van der Waals surface area contributed by atoms with Gasteiger partial charge in [-0.15, -0.1) is 0 Å². The molecular weight excluding hydrogens is 296 g/mol. The Morgan fingerprint density at radius 1 is 0.826 bits per heavy atom. The van der Waals surface area contributed by atoms with Gasteiger partial charge in [0.25, 0.3) is 0 Å². The Labute approximate surface area is 133 Å². The zero-order valence-corrected chi connectivity index (χ0v) is 13.1. The van der Waals surface area contributed by atoms with Crippen LogP contribution in [0.5, 0.6) is 17.2 Å². The van der Waals surface area contributed by atoms with Crippen LogP contribution in [0.25, 0.3) is 22.1 Å². The largest absolute Gasteiger partial charge is 0.497 e. The van der Waals surface area contributed by atoms with Crippen molar-refractivity contribution in [1.82, 2.24) is 0 Å². The van der Waals surface area contributed by atoms with Crippen LogP contribution in [-0.2, 0) is 0 Å². The van der Waals surface area contributed by atoms with Crippen molar-refractivity contribution < 1.29 is 18.6 Å². The zero-order valence-electron chi connectivity index (χ0n) is 13.1. The van der Waals surface area contributed by atoms with Gasteiger partial charge < -0.3 is 18.6 Å². The summed E-state index contributed by atoms with van der Waals surface area (Å²) >= 11 is 0. The fraction of sp³-hybridized carbons (Fsp3) is 0.167. The minimum atomic E-state index is -0.464. The molecule has 5 nitrogen and oxygen atoms in total. The molecule has 0 aliphatic heterocycles. The van der Waals surface area contributed by atoms with Crippen LogP contribution in [0.3, 0.4) is 0 Å². The summed E-state index contributed by atoms with van der Waals surface area (Å²) in [5.41, 5.74) is 0.978. The third-order valence-electron chi connectivity index (χ3n) is 3.64. The minimum absolute atomic E-state index is 0.404. The van der Waals surface area contributed by atoms with Gasteiger partial charge in [-0.3, -0.25) is 0 Å². The monoisotopic (exact) mass is 312 g/mol. The lowest BCUT2D eigenvalue weighted by Gasteiger charge is -2.11. The van der Waals surface area contributed by atoms with E-state index in [1.54, 1.807) is 44.6 Å². The minimum Gasteiger partial charge on any atom is -0.497 e. The Balaban J connectivity index is 2.29. The summed E-state index contributed by atoms with van der Waals surface area (Å²) in [6.45, 7) is 0. The van der Waals surface area contributed by atoms with E-state index in [1.807, 2.05) is 12.1 Å². The van der Waals surface area contributed by atoms with Gasteiger partial charge in [0.1, 0.15) is 11.5 Å². The van der Waals surface area contributed by atoms with Crippen LogP contribution in [0.4, 0.5) is 0 Å². The highest BCUT2D eigenvalue weighted by Crippen LogP contribution is 2.34. The van der Waals surface area contributed by atoms with E-state index in [9.17, 15) is 4.79 Å². The average Bonchev–Trinajstić information content (AvgIpc) is 2.60. The summed E-state index contributed by atoms with van der Waals surface area (Å²) in [6.07, 6.45) is 0. The molecule has 0 radical (unpaired) electrons. The van der Waals surface area contributed by atoms with Gasteiger partial charge >= 0.3 is 5.63 Å². The van der Waals surface area contributed by atoms with Crippen LogP contribution >= 0.6 is 0 Å². The zero-order chi connectivity index (χ0) is 16.4. The summed E-state index contributed by atoms with van der Waals surface area (Å²) in [5.74, 6) is 1.72. The second kappa shape index (κ2) is 6.04. The predicted molar refractivity (Wildman–Crippen MR) is 87.6 cm³/mol. The normalized spacial score (nSPS) is 10.6. The van der Waals surface area contributed by atoms with E-state index in [2.05, 4.69) is 0 Å². The summed E-state index contributed by atoms with van der Waals surface area (Å²) < 4.78 is 21.3. The van der Waals surface area contributed by atoms with Crippen LogP contribution in [0.15, 0.2) is 51.7 Å². The van der Waals surface area contributed by atoms with Gasteiger partial charge in [-0.2, -0.15) is 0 Å². The smallest absolute Gasteiger partial charge is 0.344 e. The fourth-order valence-corrected chi connectivity index (χ4v) is 2.49. The molecule has 0 N–H and O–H groups in total. The van der Waals surface area contributed by atoms with E-state index in [0.717, 1.165) is 5.39 Å².